The fourth-order valence-electron chi connectivity index (χ4n) is 0.705. The van der Waals surface area contributed by atoms with Gasteiger partial charge >= 0.3 is 11.9 Å². The van der Waals surface area contributed by atoms with Crippen molar-refractivity contribution in [3.05, 3.63) is 0 Å². The van der Waals surface area contributed by atoms with E-state index in [1.807, 2.05) is 0 Å². The summed E-state index contributed by atoms with van der Waals surface area (Å²) in [4.78, 5) is 31.2. The third-order valence-corrected chi connectivity index (χ3v) is 1.37. The van der Waals surface area contributed by atoms with Crippen molar-refractivity contribution >= 4 is 17.8 Å². The summed E-state index contributed by atoms with van der Waals surface area (Å²) in [7, 11) is 0. The summed E-state index contributed by atoms with van der Waals surface area (Å²) < 4.78 is 0. The first kappa shape index (κ1) is 12.4. The fourth-order valence-corrected chi connectivity index (χ4v) is 0.705. The van der Waals surface area contributed by atoms with Crippen LogP contribution in [0.15, 0.2) is 0 Å². The van der Waals surface area contributed by atoms with Crippen molar-refractivity contribution in [3.8, 4) is 0 Å². The second-order valence-corrected chi connectivity index (χ2v) is 2.64. The van der Waals surface area contributed by atoms with Gasteiger partial charge in [0, 0.05) is 6.54 Å². The molecule has 0 spiro atoms. The van der Waals surface area contributed by atoms with Gasteiger partial charge in [-0.2, -0.15) is 0 Å². The van der Waals surface area contributed by atoms with Gasteiger partial charge in [-0.1, -0.05) is 0 Å². The van der Waals surface area contributed by atoms with Gasteiger partial charge in [0.1, 0.15) is 0 Å². The van der Waals surface area contributed by atoms with Crippen LogP contribution in [0.5, 0.6) is 0 Å². The molecule has 0 aromatic rings. The zero-order valence-corrected chi connectivity index (χ0v) is 7.40. The maximum absolute atomic E-state index is 11.0. The van der Waals surface area contributed by atoms with Crippen LogP contribution in [0.2, 0.25) is 0 Å². The lowest BCUT2D eigenvalue weighted by Crippen LogP contribution is -2.42. The molecular formula is C7H12N2O5. The number of carboxylic acids is 2. The lowest BCUT2D eigenvalue weighted by Gasteiger charge is -2.08. The van der Waals surface area contributed by atoms with E-state index in [1.54, 1.807) is 0 Å². The summed E-state index contributed by atoms with van der Waals surface area (Å²) in [6, 6.07) is -1.14. The normalized spacial score (nSPS) is 11.8. The highest BCUT2D eigenvalue weighted by molar-refractivity contribution is 5.86. The third-order valence-electron chi connectivity index (χ3n) is 1.37. The summed E-state index contributed by atoms with van der Waals surface area (Å²) in [6.45, 7) is -0.0541. The molecule has 0 aliphatic heterocycles. The number of carbonyl (C=O) groups excluding carboxylic acids is 1. The first-order chi connectivity index (χ1) is 6.43. The van der Waals surface area contributed by atoms with Gasteiger partial charge in [-0.3, -0.25) is 14.4 Å². The van der Waals surface area contributed by atoms with E-state index in [-0.39, 0.29) is 13.0 Å². The van der Waals surface area contributed by atoms with Gasteiger partial charge in [0.2, 0.25) is 5.91 Å². The van der Waals surface area contributed by atoms with Crippen molar-refractivity contribution in [1.29, 1.82) is 0 Å². The molecule has 0 radical (unpaired) electrons. The molecule has 0 fully saturated rings. The van der Waals surface area contributed by atoms with E-state index in [1.165, 1.54) is 0 Å². The Balaban J connectivity index is 3.73. The van der Waals surface area contributed by atoms with Crippen LogP contribution in [0.4, 0.5) is 0 Å². The Morgan fingerprint density at radius 1 is 1.21 bits per heavy atom. The first-order valence-electron chi connectivity index (χ1n) is 3.90. The van der Waals surface area contributed by atoms with E-state index < -0.39 is 30.3 Å². The van der Waals surface area contributed by atoms with Crippen molar-refractivity contribution < 1.29 is 24.6 Å². The Morgan fingerprint density at radius 2 is 1.79 bits per heavy atom. The van der Waals surface area contributed by atoms with Gasteiger partial charge in [0.05, 0.1) is 18.9 Å². The van der Waals surface area contributed by atoms with E-state index >= 15 is 0 Å². The summed E-state index contributed by atoms with van der Waals surface area (Å²) >= 11 is 0. The predicted molar refractivity (Wildman–Crippen MR) is 45.5 cm³/mol. The molecule has 0 bridgehead atoms. The Kier molecular flexibility index (Phi) is 5.23. The molecule has 0 aromatic carbocycles. The van der Waals surface area contributed by atoms with Crippen molar-refractivity contribution in [1.82, 2.24) is 5.32 Å². The van der Waals surface area contributed by atoms with Crippen LogP contribution in [-0.4, -0.2) is 40.6 Å². The van der Waals surface area contributed by atoms with Crippen LogP contribution in [0.3, 0.4) is 0 Å². The number of nitrogens with two attached hydrogens (primary N) is 1. The van der Waals surface area contributed by atoms with Crippen molar-refractivity contribution in [2.45, 2.75) is 18.9 Å². The molecule has 5 N–H and O–H groups in total. The van der Waals surface area contributed by atoms with Gasteiger partial charge < -0.3 is 21.3 Å². The molecule has 0 aliphatic rings. The highest BCUT2D eigenvalue weighted by Gasteiger charge is 2.16. The number of aliphatic carboxylic acids is 2. The average molecular weight is 204 g/mol. The van der Waals surface area contributed by atoms with Gasteiger partial charge in [-0.05, 0) is 0 Å². The Morgan fingerprint density at radius 3 is 2.21 bits per heavy atom. The minimum Gasteiger partial charge on any atom is -0.481 e. The number of hydrogen-bond acceptors (Lipinski definition) is 4. The second kappa shape index (κ2) is 5.92. The Labute approximate surface area is 79.9 Å². The Bertz CT molecular complexity index is 240. The predicted octanol–water partition coefficient (Wildman–Crippen LogP) is -1.62. The number of amides is 1. The summed E-state index contributed by atoms with van der Waals surface area (Å²) in [5.41, 5.74) is 5.19. The van der Waals surface area contributed by atoms with Crippen molar-refractivity contribution in [3.63, 3.8) is 0 Å². The minimum absolute atomic E-state index is 0.0541. The van der Waals surface area contributed by atoms with Crippen molar-refractivity contribution in [2.24, 2.45) is 5.73 Å². The largest absolute Gasteiger partial charge is 0.481 e. The molecule has 0 aromatic heterocycles. The maximum atomic E-state index is 11.0. The number of carbonyl (C=O) groups is 3. The maximum Gasteiger partial charge on any atom is 0.305 e. The van der Waals surface area contributed by atoms with Gasteiger partial charge in [0.15, 0.2) is 0 Å². The molecule has 0 saturated heterocycles. The standard InChI is InChI=1S/C7H12N2O5/c8-4(3-6(12)13)7(14)9-2-1-5(10)11/h4H,1-3,8H2,(H,9,14)(H,10,11)(H,12,13)/t4-/m0/s1. The molecule has 1 atom stereocenters. The highest BCUT2D eigenvalue weighted by Crippen LogP contribution is 1.88. The number of rotatable bonds is 6. The quantitative estimate of drug-likeness (QED) is 0.411. The monoisotopic (exact) mass is 204 g/mol. The topological polar surface area (TPSA) is 130 Å². The van der Waals surface area contributed by atoms with Crippen LogP contribution in [0.1, 0.15) is 12.8 Å². The van der Waals surface area contributed by atoms with Crippen molar-refractivity contribution in [2.75, 3.05) is 6.54 Å². The molecule has 0 rings (SSSR count). The molecule has 14 heavy (non-hydrogen) atoms. The molecule has 1 amide bonds. The summed E-state index contributed by atoms with van der Waals surface area (Å²) in [6.07, 6.45) is -0.690. The fraction of sp³-hybridized carbons (Fsp3) is 0.571. The van der Waals surface area contributed by atoms with Crippen LogP contribution in [0.25, 0.3) is 0 Å². The molecular weight excluding hydrogens is 192 g/mol. The first-order valence-corrected chi connectivity index (χ1v) is 3.90. The smallest absolute Gasteiger partial charge is 0.305 e. The molecule has 0 saturated carbocycles. The zero-order chi connectivity index (χ0) is 11.1. The summed E-state index contributed by atoms with van der Waals surface area (Å²) in [5, 5.41) is 18.7. The van der Waals surface area contributed by atoms with Gasteiger partial charge in [-0.15, -0.1) is 0 Å². The van der Waals surface area contributed by atoms with Crippen LogP contribution in [0, 0.1) is 0 Å². The SMILES string of the molecule is N[C@@H](CC(=O)O)C(=O)NCCC(=O)O. The molecule has 0 heterocycles. The summed E-state index contributed by atoms with van der Waals surface area (Å²) in [5.74, 6) is -2.88. The number of hydrogen-bond donors (Lipinski definition) is 4. The molecule has 0 aliphatic carbocycles. The molecule has 7 heteroatoms. The van der Waals surface area contributed by atoms with E-state index in [0.29, 0.717) is 0 Å². The van der Waals surface area contributed by atoms with E-state index in [4.69, 9.17) is 15.9 Å². The van der Waals surface area contributed by atoms with Gasteiger partial charge in [0.25, 0.3) is 0 Å². The number of nitrogens with one attached hydrogen (secondary N) is 1. The second-order valence-electron chi connectivity index (χ2n) is 2.64. The van der Waals surface area contributed by atoms with Crippen LogP contribution >= 0.6 is 0 Å². The van der Waals surface area contributed by atoms with Crippen LogP contribution in [-0.2, 0) is 14.4 Å². The zero-order valence-electron chi connectivity index (χ0n) is 7.40. The molecule has 80 valence electrons. The van der Waals surface area contributed by atoms with Crippen LogP contribution < -0.4 is 11.1 Å². The lowest BCUT2D eigenvalue weighted by molar-refractivity contribution is -0.140. The minimum atomic E-state index is -1.18. The molecule has 0 unspecified atom stereocenters. The van der Waals surface area contributed by atoms with Gasteiger partial charge in [-0.25, -0.2) is 0 Å². The van der Waals surface area contributed by atoms with E-state index in [0.717, 1.165) is 0 Å². The van der Waals surface area contributed by atoms with E-state index in [2.05, 4.69) is 5.32 Å². The average Bonchev–Trinajstić information content (AvgIpc) is 2.01. The van der Waals surface area contributed by atoms with E-state index in [9.17, 15) is 14.4 Å². The lowest BCUT2D eigenvalue weighted by atomic mass is 10.2. The Hall–Kier alpha value is -1.63. The number of carboxylic acid groups (broad SMARTS) is 2. The third kappa shape index (κ3) is 5.95. The highest BCUT2D eigenvalue weighted by atomic mass is 16.4. The molecule has 7 nitrogen and oxygen atoms in total.